The lowest BCUT2D eigenvalue weighted by Gasteiger charge is -2.11. The van der Waals surface area contributed by atoms with Crippen LogP contribution in [0.3, 0.4) is 0 Å². The van der Waals surface area contributed by atoms with Gasteiger partial charge in [-0.25, -0.2) is 0 Å². The monoisotopic (exact) mass is 252 g/mol. The van der Waals surface area contributed by atoms with Crippen LogP contribution in [0.4, 0.5) is 0 Å². The van der Waals surface area contributed by atoms with Crippen LogP contribution in [0.15, 0.2) is 12.1 Å². The molecule has 1 aromatic rings. The maximum absolute atomic E-state index is 6.01. The van der Waals surface area contributed by atoms with Gasteiger partial charge in [0, 0.05) is 11.1 Å². The molecule has 0 bridgehead atoms. The van der Waals surface area contributed by atoms with Gasteiger partial charge in [0.15, 0.2) is 0 Å². The van der Waals surface area contributed by atoms with Crippen LogP contribution in [0.5, 0.6) is 5.75 Å². The molecule has 0 aliphatic carbocycles. The van der Waals surface area contributed by atoms with Gasteiger partial charge in [0.2, 0.25) is 0 Å². The van der Waals surface area contributed by atoms with Crippen LogP contribution in [0.1, 0.15) is 24.8 Å². The lowest BCUT2D eigenvalue weighted by molar-refractivity contribution is 0.340. The zero-order valence-electron chi connectivity index (χ0n) is 7.98. The van der Waals surface area contributed by atoms with Crippen molar-refractivity contribution in [2.75, 3.05) is 6.61 Å². The number of rotatable bonds is 3. The normalized spacial score (nSPS) is 12.6. The van der Waals surface area contributed by atoms with E-state index < -0.39 is 0 Å². The number of benzene rings is 1. The lowest BCUT2D eigenvalue weighted by atomic mass is 10.1. The van der Waals surface area contributed by atoms with Crippen LogP contribution in [0, 0.1) is 0 Å². The highest BCUT2D eigenvalue weighted by Gasteiger charge is 2.11. The highest BCUT2D eigenvalue weighted by atomic mass is 35.5. The minimum Gasteiger partial charge on any atom is -0.492 e. The van der Waals surface area contributed by atoms with Crippen LogP contribution in [0.25, 0.3) is 0 Å². The number of hydrogen-bond donors (Lipinski definition) is 0. The van der Waals surface area contributed by atoms with Crippen LogP contribution >= 0.6 is 34.8 Å². The summed E-state index contributed by atoms with van der Waals surface area (Å²) in [4.78, 5) is 0. The van der Waals surface area contributed by atoms with E-state index in [-0.39, 0.29) is 5.38 Å². The molecule has 0 radical (unpaired) electrons. The van der Waals surface area contributed by atoms with Gasteiger partial charge in [-0.15, -0.1) is 11.6 Å². The van der Waals surface area contributed by atoms with Crippen LogP contribution in [-0.2, 0) is 0 Å². The Morgan fingerprint density at radius 3 is 2.43 bits per heavy atom. The topological polar surface area (TPSA) is 9.23 Å². The molecule has 14 heavy (non-hydrogen) atoms. The molecule has 78 valence electrons. The highest BCUT2D eigenvalue weighted by molar-refractivity contribution is 6.35. The molecule has 1 rings (SSSR count). The Balaban J connectivity index is 3.10. The van der Waals surface area contributed by atoms with Crippen molar-refractivity contribution in [1.29, 1.82) is 0 Å². The largest absolute Gasteiger partial charge is 0.492 e. The molecule has 0 aromatic heterocycles. The molecule has 0 fully saturated rings. The van der Waals surface area contributed by atoms with Crippen molar-refractivity contribution in [2.45, 2.75) is 19.2 Å². The zero-order valence-corrected chi connectivity index (χ0v) is 10.2. The first-order chi connectivity index (χ1) is 6.56. The summed E-state index contributed by atoms with van der Waals surface area (Å²) in [5.74, 6) is 0.597. The summed E-state index contributed by atoms with van der Waals surface area (Å²) in [7, 11) is 0. The predicted molar refractivity (Wildman–Crippen MR) is 61.9 cm³/mol. The van der Waals surface area contributed by atoms with Gasteiger partial charge < -0.3 is 4.74 Å². The number of hydrogen-bond acceptors (Lipinski definition) is 1. The van der Waals surface area contributed by atoms with Crippen LogP contribution in [0.2, 0.25) is 10.0 Å². The van der Waals surface area contributed by atoms with Crippen LogP contribution in [-0.4, -0.2) is 6.61 Å². The SMILES string of the molecule is CCOc1cc(Cl)c(C(C)Cl)cc1Cl. The molecule has 0 aliphatic rings. The quantitative estimate of drug-likeness (QED) is 0.710. The summed E-state index contributed by atoms with van der Waals surface area (Å²) in [5, 5.41) is 0.967. The second kappa shape index (κ2) is 5.11. The molecule has 4 heteroatoms. The fourth-order valence-electron chi connectivity index (χ4n) is 1.11. The standard InChI is InChI=1S/C10H11Cl3O/c1-3-14-10-5-8(12)7(6(2)11)4-9(10)13/h4-6H,3H2,1-2H3. The average molecular weight is 254 g/mol. The van der Waals surface area contributed by atoms with Gasteiger partial charge in [0.05, 0.1) is 17.0 Å². The Morgan fingerprint density at radius 2 is 1.93 bits per heavy atom. The van der Waals surface area contributed by atoms with E-state index in [4.69, 9.17) is 39.5 Å². The summed E-state index contributed by atoms with van der Waals surface area (Å²) >= 11 is 17.9. The molecular formula is C10H11Cl3O. The third-order valence-electron chi connectivity index (χ3n) is 1.78. The van der Waals surface area contributed by atoms with Gasteiger partial charge in [0.25, 0.3) is 0 Å². The predicted octanol–water partition coefficient (Wildman–Crippen LogP) is 4.69. The van der Waals surface area contributed by atoms with Crippen molar-refractivity contribution >= 4 is 34.8 Å². The molecule has 1 atom stereocenters. The van der Waals surface area contributed by atoms with Crippen molar-refractivity contribution in [3.63, 3.8) is 0 Å². The number of halogens is 3. The summed E-state index contributed by atoms with van der Waals surface area (Å²) in [6.07, 6.45) is 0. The van der Waals surface area contributed by atoms with E-state index in [1.807, 2.05) is 13.8 Å². The van der Waals surface area contributed by atoms with Gasteiger partial charge in [-0.3, -0.25) is 0 Å². The van der Waals surface area contributed by atoms with Crippen molar-refractivity contribution < 1.29 is 4.74 Å². The number of alkyl halides is 1. The molecule has 0 heterocycles. The van der Waals surface area contributed by atoms with Crippen molar-refractivity contribution in [1.82, 2.24) is 0 Å². The molecule has 1 aromatic carbocycles. The van der Waals surface area contributed by atoms with E-state index in [9.17, 15) is 0 Å². The van der Waals surface area contributed by atoms with Gasteiger partial charge in [0.1, 0.15) is 5.75 Å². The summed E-state index contributed by atoms with van der Waals surface area (Å²) < 4.78 is 5.29. The van der Waals surface area contributed by atoms with Gasteiger partial charge in [-0.1, -0.05) is 23.2 Å². The Hall–Kier alpha value is -0.110. The van der Waals surface area contributed by atoms with E-state index in [0.29, 0.717) is 22.4 Å². The molecule has 0 saturated heterocycles. The van der Waals surface area contributed by atoms with Crippen molar-refractivity contribution in [3.8, 4) is 5.75 Å². The molecule has 1 nitrogen and oxygen atoms in total. The first-order valence-corrected chi connectivity index (χ1v) is 5.51. The first-order valence-electron chi connectivity index (χ1n) is 4.32. The second-order valence-corrected chi connectivity index (χ2v) is 4.32. The first kappa shape index (κ1) is 12.0. The molecular weight excluding hydrogens is 242 g/mol. The minimum absolute atomic E-state index is 0.157. The third-order valence-corrected chi connectivity index (χ3v) is 2.64. The van der Waals surface area contributed by atoms with Crippen LogP contribution < -0.4 is 4.74 Å². The Bertz CT molecular complexity index is 323. The van der Waals surface area contributed by atoms with E-state index >= 15 is 0 Å². The maximum atomic E-state index is 6.01. The Morgan fingerprint density at radius 1 is 1.29 bits per heavy atom. The number of ether oxygens (including phenoxy) is 1. The maximum Gasteiger partial charge on any atom is 0.139 e. The fraction of sp³-hybridized carbons (Fsp3) is 0.400. The molecule has 0 aliphatic heterocycles. The van der Waals surface area contributed by atoms with E-state index in [1.165, 1.54) is 0 Å². The Labute approximate surface area is 98.9 Å². The fourth-order valence-corrected chi connectivity index (χ4v) is 1.90. The van der Waals surface area contributed by atoms with Crippen molar-refractivity contribution in [2.24, 2.45) is 0 Å². The van der Waals surface area contributed by atoms with Crippen molar-refractivity contribution in [3.05, 3.63) is 27.7 Å². The summed E-state index contributed by atoms with van der Waals surface area (Å²) in [6, 6.07) is 3.44. The molecule has 1 unspecified atom stereocenters. The van der Waals surface area contributed by atoms with Gasteiger partial charge >= 0.3 is 0 Å². The molecule has 0 N–H and O–H groups in total. The average Bonchev–Trinajstić information content (AvgIpc) is 2.10. The van der Waals surface area contributed by atoms with E-state index in [0.717, 1.165) is 5.56 Å². The molecule has 0 saturated carbocycles. The lowest BCUT2D eigenvalue weighted by Crippen LogP contribution is -1.94. The van der Waals surface area contributed by atoms with E-state index in [1.54, 1.807) is 12.1 Å². The minimum atomic E-state index is -0.157. The smallest absolute Gasteiger partial charge is 0.139 e. The van der Waals surface area contributed by atoms with Gasteiger partial charge in [-0.05, 0) is 25.5 Å². The summed E-state index contributed by atoms with van der Waals surface area (Å²) in [6.45, 7) is 4.30. The third kappa shape index (κ3) is 2.69. The highest BCUT2D eigenvalue weighted by Crippen LogP contribution is 2.35. The summed E-state index contributed by atoms with van der Waals surface area (Å²) in [5.41, 5.74) is 0.821. The second-order valence-electron chi connectivity index (χ2n) is 2.85. The zero-order chi connectivity index (χ0) is 10.7. The molecule has 0 spiro atoms. The van der Waals surface area contributed by atoms with E-state index in [2.05, 4.69) is 0 Å². The Kier molecular flexibility index (Phi) is 4.36. The van der Waals surface area contributed by atoms with Gasteiger partial charge in [-0.2, -0.15) is 0 Å². The molecule has 0 amide bonds.